The standard InChI is InChI=1S/C17H15NO2.C2H6/c1-2-11-20-16-9-7-15(8-10-16)17(19)14-5-3-13(12-18)4-6-14;1-2/h1,3-10H,11-12,18H2;1-2H3. The molecule has 0 aliphatic rings. The molecule has 2 aromatic carbocycles. The Kier molecular flexibility index (Phi) is 7.45. The zero-order chi connectivity index (χ0) is 16.4. The molecule has 0 bridgehead atoms. The van der Waals surface area contributed by atoms with Gasteiger partial charge in [-0.05, 0) is 29.8 Å². The van der Waals surface area contributed by atoms with Gasteiger partial charge in [-0.2, -0.15) is 0 Å². The van der Waals surface area contributed by atoms with Crippen molar-refractivity contribution in [3.8, 4) is 18.1 Å². The van der Waals surface area contributed by atoms with Crippen molar-refractivity contribution in [2.75, 3.05) is 6.61 Å². The van der Waals surface area contributed by atoms with Crippen LogP contribution in [0.1, 0.15) is 35.3 Å². The van der Waals surface area contributed by atoms with Crippen LogP contribution in [0.15, 0.2) is 48.5 Å². The summed E-state index contributed by atoms with van der Waals surface area (Å²) in [5.74, 6) is 3.01. The Hall–Kier alpha value is -2.57. The van der Waals surface area contributed by atoms with Gasteiger partial charge in [-0.15, -0.1) is 6.42 Å². The van der Waals surface area contributed by atoms with Crippen LogP contribution in [-0.2, 0) is 6.54 Å². The molecule has 0 saturated carbocycles. The van der Waals surface area contributed by atoms with Gasteiger partial charge in [-0.3, -0.25) is 4.79 Å². The Morgan fingerprint density at radius 3 is 2.00 bits per heavy atom. The van der Waals surface area contributed by atoms with Crippen molar-refractivity contribution >= 4 is 5.78 Å². The lowest BCUT2D eigenvalue weighted by atomic mass is 10.0. The average molecular weight is 295 g/mol. The Labute approximate surface area is 132 Å². The molecule has 0 saturated heterocycles. The van der Waals surface area contributed by atoms with Gasteiger partial charge in [0, 0.05) is 17.7 Å². The molecule has 0 atom stereocenters. The number of ketones is 1. The summed E-state index contributed by atoms with van der Waals surface area (Å²) < 4.78 is 5.26. The molecular weight excluding hydrogens is 274 g/mol. The van der Waals surface area contributed by atoms with E-state index in [2.05, 4.69) is 5.92 Å². The van der Waals surface area contributed by atoms with Crippen molar-refractivity contribution in [2.24, 2.45) is 5.73 Å². The SMILES string of the molecule is C#CCOc1ccc(C(=O)c2ccc(CN)cc2)cc1.CC. The zero-order valence-corrected chi connectivity index (χ0v) is 13.0. The predicted molar refractivity (Wildman–Crippen MR) is 89.9 cm³/mol. The Bertz CT molecular complexity index is 622. The summed E-state index contributed by atoms with van der Waals surface area (Å²) in [5.41, 5.74) is 7.78. The molecule has 0 fully saturated rings. The summed E-state index contributed by atoms with van der Waals surface area (Å²) in [6, 6.07) is 14.2. The third kappa shape index (κ3) is 4.76. The largest absolute Gasteiger partial charge is 0.481 e. The lowest BCUT2D eigenvalue weighted by Crippen LogP contribution is -2.03. The van der Waals surface area contributed by atoms with Crippen LogP contribution in [0.4, 0.5) is 0 Å². The lowest BCUT2D eigenvalue weighted by molar-refractivity contribution is 0.103. The predicted octanol–water partition coefficient (Wildman–Crippen LogP) is 3.41. The average Bonchev–Trinajstić information content (AvgIpc) is 2.61. The number of hydrogen-bond acceptors (Lipinski definition) is 3. The van der Waals surface area contributed by atoms with Crippen molar-refractivity contribution < 1.29 is 9.53 Å². The molecule has 0 aliphatic carbocycles. The van der Waals surface area contributed by atoms with Crippen molar-refractivity contribution in [2.45, 2.75) is 20.4 Å². The highest BCUT2D eigenvalue weighted by molar-refractivity contribution is 6.09. The number of carbonyl (C=O) groups excluding carboxylic acids is 1. The first-order valence-corrected chi connectivity index (χ1v) is 7.24. The van der Waals surface area contributed by atoms with E-state index in [9.17, 15) is 4.79 Å². The second-order valence-corrected chi connectivity index (χ2v) is 4.25. The summed E-state index contributed by atoms with van der Waals surface area (Å²) in [6.07, 6.45) is 5.12. The van der Waals surface area contributed by atoms with Crippen molar-refractivity contribution in [3.63, 3.8) is 0 Å². The maximum Gasteiger partial charge on any atom is 0.193 e. The first-order chi connectivity index (χ1) is 10.7. The van der Waals surface area contributed by atoms with Gasteiger partial charge in [0.05, 0.1) is 0 Å². The normalized spacial score (nSPS) is 9.18. The van der Waals surface area contributed by atoms with E-state index in [4.69, 9.17) is 16.9 Å². The minimum absolute atomic E-state index is 0.0305. The first-order valence-electron chi connectivity index (χ1n) is 7.24. The summed E-state index contributed by atoms with van der Waals surface area (Å²) in [6.45, 7) is 4.68. The zero-order valence-electron chi connectivity index (χ0n) is 13.0. The molecule has 3 heteroatoms. The maximum atomic E-state index is 12.3. The van der Waals surface area contributed by atoms with Gasteiger partial charge in [0.15, 0.2) is 5.78 Å². The molecule has 0 unspecified atom stereocenters. The maximum absolute atomic E-state index is 12.3. The van der Waals surface area contributed by atoms with E-state index in [0.29, 0.717) is 23.4 Å². The monoisotopic (exact) mass is 295 g/mol. The molecule has 2 N–H and O–H groups in total. The molecule has 2 rings (SSSR count). The highest BCUT2D eigenvalue weighted by Gasteiger charge is 2.08. The molecule has 2 aromatic rings. The fraction of sp³-hybridized carbons (Fsp3) is 0.211. The summed E-state index contributed by atoms with van der Waals surface area (Å²) >= 11 is 0. The van der Waals surface area contributed by atoms with E-state index >= 15 is 0 Å². The molecule has 0 aliphatic heterocycles. The Morgan fingerprint density at radius 1 is 1.05 bits per heavy atom. The molecule has 22 heavy (non-hydrogen) atoms. The molecule has 0 radical (unpaired) electrons. The van der Waals surface area contributed by atoms with Crippen LogP contribution in [0.3, 0.4) is 0 Å². The molecule has 0 aromatic heterocycles. The quantitative estimate of drug-likeness (QED) is 0.679. The van der Waals surface area contributed by atoms with E-state index in [0.717, 1.165) is 5.56 Å². The van der Waals surface area contributed by atoms with Gasteiger partial charge >= 0.3 is 0 Å². The van der Waals surface area contributed by atoms with Crippen molar-refractivity contribution in [1.29, 1.82) is 0 Å². The van der Waals surface area contributed by atoms with Gasteiger partial charge in [0.2, 0.25) is 0 Å². The van der Waals surface area contributed by atoms with Crippen LogP contribution in [0.5, 0.6) is 5.75 Å². The van der Waals surface area contributed by atoms with Gasteiger partial charge in [-0.25, -0.2) is 0 Å². The topological polar surface area (TPSA) is 52.3 Å². The number of hydrogen-bond donors (Lipinski definition) is 1. The molecular formula is C19H21NO2. The number of nitrogens with two attached hydrogens (primary N) is 1. The first kappa shape index (κ1) is 17.5. The molecule has 0 amide bonds. The van der Waals surface area contributed by atoms with Crippen LogP contribution < -0.4 is 10.5 Å². The third-order valence-corrected chi connectivity index (χ3v) is 2.89. The lowest BCUT2D eigenvalue weighted by Gasteiger charge is -2.05. The van der Waals surface area contributed by atoms with Crippen LogP contribution >= 0.6 is 0 Å². The Morgan fingerprint density at radius 2 is 1.55 bits per heavy atom. The van der Waals surface area contributed by atoms with Crippen LogP contribution in [0.2, 0.25) is 0 Å². The highest BCUT2D eigenvalue weighted by atomic mass is 16.5. The Balaban J connectivity index is 0.00000116. The van der Waals surface area contributed by atoms with E-state index in [1.165, 1.54) is 0 Å². The summed E-state index contributed by atoms with van der Waals surface area (Å²) in [4.78, 5) is 12.3. The van der Waals surface area contributed by atoms with Gasteiger partial charge in [0.1, 0.15) is 12.4 Å². The van der Waals surface area contributed by atoms with Gasteiger partial charge in [0.25, 0.3) is 0 Å². The van der Waals surface area contributed by atoms with Crippen LogP contribution in [0, 0.1) is 12.3 Å². The van der Waals surface area contributed by atoms with E-state index in [1.54, 1.807) is 36.4 Å². The number of carbonyl (C=O) groups is 1. The minimum atomic E-state index is -0.0305. The van der Waals surface area contributed by atoms with Crippen LogP contribution in [0.25, 0.3) is 0 Å². The second-order valence-electron chi connectivity index (χ2n) is 4.25. The van der Waals surface area contributed by atoms with E-state index in [-0.39, 0.29) is 12.4 Å². The number of terminal acetylenes is 1. The third-order valence-electron chi connectivity index (χ3n) is 2.89. The van der Waals surface area contributed by atoms with Crippen LogP contribution in [-0.4, -0.2) is 12.4 Å². The summed E-state index contributed by atoms with van der Waals surface area (Å²) in [5, 5.41) is 0. The highest BCUT2D eigenvalue weighted by Crippen LogP contribution is 2.16. The minimum Gasteiger partial charge on any atom is -0.481 e. The fourth-order valence-corrected chi connectivity index (χ4v) is 1.79. The van der Waals surface area contributed by atoms with Crippen molar-refractivity contribution in [3.05, 3.63) is 65.2 Å². The van der Waals surface area contributed by atoms with E-state index in [1.807, 2.05) is 26.0 Å². The molecule has 3 nitrogen and oxygen atoms in total. The van der Waals surface area contributed by atoms with E-state index < -0.39 is 0 Å². The number of ether oxygens (including phenoxy) is 1. The molecule has 114 valence electrons. The molecule has 0 heterocycles. The molecule has 0 spiro atoms. The van der Waals surface area contributed by atoms with Crippen molar-refractivity contribution in [1.82, 2.24) is 0 Å². The number of benzene rings is 2. The number of rotatable bonds is 5. The van der Waals surface area contributed by atoms with Gasteiger partial charge < -0.3 is 10.5 Å². The smallest absolute Gasteiger partial charge is 0.193 e. The fourth-order valence-electron chi connectivity index (χ4n) is 1.79. The van der Waals surface area contributed by atoms with Gasteiger partial charge in [-0.1, -0.05) is 44.0 Å². The second kappa shape index (κ2) is 9.38. The summed E-state index contributed by atoms with van der Waals surface area (Å²) in [7, 11) is 0.